The van der Waals surface area contributed by atoms with E-state index in [1.165, 1.54) is 0 Å². The molecule has 6 heteroatoms. The minimum absolute atomic E-state index is 0.175. The fraction of sp³-hybridized carbons (Fsp3) is 0.722. The minimum atomic E-state index is -0.175. The van der Waals surface area contributed by atoms with Gasteiger partial charge in [-0.2, -0.15) is 0 Å². The van der Waals surface area contributed by atoms with E-state index >= 15 is 0 Å². The van der Waals surface area contributed by atoms with E-state index in [-0.39, 0.29) is 5.41 Å². The lowest BCUT2D eigenvalue weighted by Crippen LogP contribution is -2.54. The molecule has 0 radical (unpaired) electrons. The quantitative estimate of drug-likeness (QED) is 0.840. The molecule has 0 saturated carbocycles. The van der Waals surface area contributed by atoms with Crippen molar-refractivity contribution >= 4 is 5.91 Å². The van der Waals surface area contributed by atoms with E-state index in [2.05, 4.69) is 19.8 Å². The van der Waals surface area contributed by atoms with Gasteiger partial charge in [0.25, 0.3) is 0 Å². The van der Waals surface area contributed by atoms with Crippen LogP contribution in [-0.4, -0.2) is 64.6 Å². The lowest BCUT2D eigenvalue weighted by molar-refractivity contribution is -0.150. The number of hydrogen-bond donors (Lipinski definition) is 0. The van der Waals surface area contributed by atoms with Crippen LogP contribution in [0.25, 0.3) is 0 Å². The number of nitrogens with zero attached hydrogens (tertiary/aromatic N) is 4. The molecule has 130 valence electrons. The molecule has 0 N–H and O–H groups in total. The standard InChI is InChI=1S/C18H26N4O2/c23-17-18(5-1-9-22(17)15-3-11-24-12-4-15)6-10-21(14-18)13-16-19-7-2-8-20-16/h2,7-8,15H,1,3-6,9-14H2/t18-/m1/s1. The normalized spacial score (nSPS) is 29.5. The highest BCUT2D eigenvalue weighted by Gasteiger charge is 2.49. The summed E-state index contributed by atoms with van der Waals surface area (Å²) in [7, 11) is 0. The molecule has 4 heterocycles. The van der Waals surface area contributed by atoms with Crippen LogP contribution >= 0.6 is 0 Å². The number of hydrogen-bond acceptors (Lipinski definition) is 5. The average molecular weight is 330 g/mol. The summed E-state index contributed by atoms with van der Waals surface area (Å²) < 4.78 is 5.47. The predicted molar refractivity (Wildman–Crippen MR) is 89.1 cm³/mol. The lowest BCUT2D eigenvalue weighted by Gasteiger charge is -2.44. The number of aromatic nitrogens is 2. The second kappa shape index (κ2) is 6.76. The first-order valence-corrected chi connectivity index (χ1v) is 9.14. The van der Waals surface area contributed by atoms with Gasteiger partial charge in [-0.1, -0.05) is 0 Å². The van der Waals surface area contributed by atoms with Gasteiger partial charge in [0, 0.05) is 44.7 Å². The van der Waals surface area contributed by atoms with Crippen molar-refractivity contribution in [2.75, 3.05) is 32.8 Å². The zero-order valence-electron chi connectivity index (χ0n) is 14.2. The van der Waals surface area contributed by atoms with E-state index in [4.69, 9.17) is 4.74 Å². The molecule has 6 nitrogen and oxygen atoms in total. The molecule has 1 atom stereocenters. The van der Waals surface area contributed by atoms with Crippen LogP contribution in [0.2, 0.25) is 0 Å². The Morgan fingerprint density at radius 1 is 1.17 bits per heavy atom. The third-order valence-corrected chi connectivity index (χ3v) is 5.82. The number of carbonyl (C=O) groups excluding carboxylic acids is 1. The Bertz CT molecular complexity index is 576. The van der Waals surface area contributed by atoms with Crippen LogP contribution in [0.3, 0.4) is 0 Å². The summed E-state index contributed by atoms with van der Waals surface area (Å²) in [6.45, 7) is 5.06. The Morgan fingerprint density at radius 2 is 1.96 bits per heavy atom. The van der Waals surface area contributed by atoms with Crippen LogP contribution in [-0.2, 0) is 16.1 Å². The van der Waals surface area contributed by atoms with E-state index in [0.717, 1.165) is 77.3 Å². The van der Waals surface area contributed by atoms with Gasteiger partial charge in [0.1, 0.15) is 5.82 Å². The fourth-order valence-electron chi connectivity index (χ4n) is 4.53. The molecule has 3 fully saturated rings. The minimum Gasteiger partial charge on any atom is -0.381 e. The van der Waals surface area contributed by atoms with Gasteiger partial charge in [-0.05, 0) is 44.7 Å². The summed E-state index contributed by atoms with van der Waals surface area (Å²) >= 11 is 0. The van der Waals surface area contributed by atoms with Crippen LogP contribution in [0, 0.1) is 5.41 Å². The second-order valence-electron chi connectivity index (χ2n) is 7.35. The van der Waals surface area contributed by atoms with Crippen molar-refractivity contribution in [1.29, 1.82) is 0 Å². The maximum atomic E-state index is 13.3. The summed E-state index contributed by atoms with van der Waals surface area (Å²) in [5.41, 5.74) is -0.175. The summed E-state index contributed by atoms with van der Waals surface area (Å²) in [4.78, 5) is 26.4. The molecular formula is C18H26N4O2. The zero-order chi connectivity index (χ0) is 16.4. The average Bonchev–Trinajstić information content (AvgIpc) is 3.03. The maximum absolute atomic E-state index is 13.3. The van der Waals surface area contributed by atoms with Gasteiger partial charge in [0.2, 0.25) is 5.91 Å². The van der Waals surface area contributed by atoms with Crippen molar-refractivity contribution in [3.8, 4) is 0 Å². The number of piperidine rings is 1. The Kier molecular flexibility index (Phi) is 4.50. The van der Waals surface area contributed by atoms with Gasteiger partial charge in [-0.3, -0.25) is 9.69 Å². The summed E-state index contributed by atoms with van der Waals surface area (Å²) in [6.07, 6.45) is 8.67. The molecule has 3 saturated heterocycles. The molecule has 3 aliphatic heterocycles. The monoisotopic (exact) mass is 330 g/mol. The van der Waals surface area contributed by atoms with Gasteiger partial charge in [-0.25, -0.2) is 9.97 Å². The SMILES string of the molecule is O=C1N(C2CCOCC2)CCC[C@]12CCN(Cc1ncccn1)C2. The Morgan fingerprint density at radius 3 is 2.75 bits per heavy atom. The topological polar surface area (TPSA) is 58.6 Å². The third kappa shape index (κ3) is 3.05. The molecule has 0 aromatic carbocycles. The zero-order valence-corrected chi connectivity index (χ0v) is 14.2. The van der Waals surface area contributed by atoms with Crippen molar-refractivity contribution in [2.45, 2.75) is 44.7 Å². The summed E-state index contributed by atoms with van der Waals surface area (Å²) in [5, 5.41) is 0. The number of likely N-dealkylation sites (tertiary alicyclic amines) is 2. The molecule has 0 unspecified atom stereocenters. The van der Waals surface area contributed by atoms with E-state index in [1.54, 1.807) is 12.4 Å². The van der Waals surface area contributed by atoms with Gasteiger partial charge in [0.05, 0.1) is 12.0 Å². The lowest BCUT2D eigenvalue weighted by atomic mass is 9.77. The van der Waals surface area contributed by atoms with Gasteiger partial charge in [0.15, 0.2) is 0 Å². The number of rotatable bonds is 3. The highest BCUT2D eigenvalue weighted by atomic mass is 16.5. The smallest absolute Gasteiger partial charge is 0.230 e. The van der Waals surface area contributed by atoms with Gasteiger partial charge >= 0.3 is 0 Å². The third-order valence-electron chi connectivity index (χ3n) is 5.82. The van der Waals surface area contributed by atoms with Crippen molar-refractivity contribution in [3.05, 3.63) is 24.3 Å². The van der Waals surface area contributed by atoms with Crippen molar-refractivity contribution in [2.24, 2.45) is 5.41 Å². The summed E-state index contributed by atoms with van der Waals surface area (Å²) in [5.74, 6) is 1.23. The first kappa shape index (κ1) is 16.0. The highest BCUT2D eigenvalue weighted by molar-refractivity contribution is 5.84. The van der Waals surface area contributed by atoms with E-state index < -0.39 is 0 Å². The predicted octanol–water partition coefficient (Wildman–Crippen LogP) is 1.47. The van der Waals surface area contributed by atoms with Crippen molar-refractivity contribution in [3.63, 3.8) is 0 Å². The molecule has 1 spiro atoms. The Labute approximate surface area is 143 Å². The maximum Gasteiger partial charge on any atom is 0.230 e. The molecule has 3 aliphatic rings. The molecule has 0 bridgehead atoms. The second-order valence-corrected chi connectivity index (χ2v) is 7.35. The molecular weight excluding hydrogens is 304 g/mol. The van der Waals surface area contributed by atoms with Crippen molar-refractivity contribution in [1.82, 2.24) is 19.8 Å². The highest BCUT2D eigenvalue weighted by Crippen LogP contribution is 2.41. The molecule has 0 aliphatic carbocycles. The Hall–Kier alpha value is -1.53. The Balaban J connectivity index is 1.43. The van der Waals surface area contributed by atoms with Crippen molar-refractivity contribution < 1.29 is 9.53 Å². The van der Waals surface area contributed by atoms with Gasteiger partial charge in [-0.15, -0.1) is 0 Å². The molecule has 4 rings (SSSR count). The van der Waals surface area contributed by atoms with Gasteiger partial charge < -0.3 is 9.64 Å². The van der Waals surface area contributed by atoms with Crippen LogP contribution in [0.15, 0.2) is 18.5 Å². The first-order valence-electron chi connectivity index (χ1n) is 9.14. The molecule has 1 amide bonds. The largest absolute Gasteiger partial charge is 0.381 e. The van der Waals surface area contributed by atoms with E-state index in [1.807, 2.05) is 6.07 Å². The number of ether oxygens (including phenoxy) is 1. The fourth-order valence-corrected chi connectivity index (χ4v) is 4.53. The molecule has 24 heavy (non-hydrogen) atoms. The van der Waals surface area contributed by atoms with Crippen LogP contribution < -0.4 is 0 Å². The van der Waals surface area contributed by atoms with E-state index in [0.29, 0.717) is 11.9 Å². The van der Waals surface area contributed by atoms with Crippen LogP contribution in [0.4, 0.5) is 0 Å². The van der Waals surface area contributed by atoms with Crippen LogP contribution in [0.1, 0.15) is 37.9 Å². The number of amides is 1. The van der Waals surface area contributed by atoms with Crippen LogP contribution in [0.5, 0.6) is 0 Å². The first-order chi connectivity index (χ1) is 11.8. The molecule has 1 aromatic rings. The summed E-state index contributed by atoms with van der Waals surface area (Å²) in [6, 6.07) is 2.22. The number of carbonyl (C=O) groups is 1. The molecule has 1 aromatic heterocycles. The van der Waals surface area contributed by atoms with E-state index in [9.17, 15) is 4.79 Å².